The molecule has 1 aromatic heterocycles. The van der Waals surface area contributed by atoms with E-state index in [1.807, 2.05) is 13.8 Å². The average molecular weight is 408 g/mol. The van der Waals surface area contributed by atoms with E-state index in [2.05, 4.69) is 4.98 Å². The van der Waals surface area contributed by atoms with Crippen molar-refractivity contribution in [3.8, 4) is 11.1 Å². The molecule has 0 bridgehead atoms. The number of aromatic nitrogens is 1. The molecule has 2 aromatic rings. The lowest BCUT2D eigenvalue weighted by Crippen LogP contribution is -2.58. The van der Waals surface area contributed by atoms with E-state index in [4.69, 9.17) is 34.8 Å². The number of amides is 1. The highest BCUT2D eigenvalue weighted by atomic mass is 35.5. The van der Waals surface area contributed by atoms with Crippen LogP contribution in [-0.2, 0) is 0 Å². The fourth-order valence-electron chi connectivity index (χ4n) is 2.39. The predicted octanol–water partition coefficient (Wildman–Crippen LogP) is 5.83. The third-order valence-corrected chi connectivity index (χ3v) is 4.04. The molecule has 3 rings (SSSR count). The zero-order valence-electron chi connectivity index (χ0n) is 13.5. The quantitative estimate of drug-likeness (QED) is 0.587. The van der Waals surface area contributed by atoms with E-state index < -0.39 is 24.9 Å². The van der Waals surface area contributed by atoms with E-state index in [9.17, 15) is 13.6 Å². The van der Waals surface area contributed by atoms with E-state index in [1.54, 1.807) is 12.1 Å². The highest BCUT2D eigenvalue weighted by molar-refractivity contribution is 6.33. The van der Waals surface area contributed by atoms with E-state index >= 15 is 0 Å². The molecule has 1 saturated heterocycles. The molecule has 1 aliphatic heterocycles. The molecular formula is C17H15Cl3F2N2O. The molecule has 0 aliphatic carbocycles. The average Bonchev–Trinajstić information content (AvgIpc) is 2.52. The molecule has 2 heterocycles. The van der Waals surface area contributed by atoms with Gasteiger partial charge in [0.15, 0.2) is 0 Å². The van der Waals surface area contributed by atoms with Gasteiger partial charge in [-0.2, -0.15) is 0 Å². The van der Waals surface area contributed by atoms with Gasteiger partial charge in [0.05, 0.1) is 13.1 Å². The predicted molar refractivity (Wildman–Crippen MR) is 96.9 cm³/mol. The summed E-state index contributed by atoms with van der Waals surface area (Å²) < 4.78 is 26.0. The largest absolute Gasteiger partial charge is 0.326 e. The number of hydrogen-bond acceptors (Lipinski definition) is 2. The van der Waals surface area contributed by atoms with Crippen LogP contribution in [0.4, 0.5) is 8.78 Å². The third kappa shape index (κ3) is 4.60. The summed E-state index contributed by atoms with van der Waals surface area (Å²) in [4.78, 5) is 17.4. The number of carbonyl (C=O) groups is 1. The Balaban J connectivity index is 0.00000109. The smallest absolute Gasteiger partial charge is 0.282 e. The standard InChI is InChI=1S/C15H9Cl3F2N2O.C2H6/c16-9-1-2-10(8-3-12(17)21-13(18)4-8)11(5-9)14(23)22-6-15(19,20)7-22;1-2/h1-5H,6-7H2;1-2H3. The van der Waals surface area contributed by atoms with E-state index in [1.165, 1.54) is 18.2 Å². The van der Waals surface area contributed by atoms with Crippen LogP contribution in [-0.4, -0.2) is 34.8 Å². The number of halogens is 5. The van der Waals surface area contributed by atoms with Crippen LogP contribution < -0.4 is 0 Å². The molecular weight excluding hydrogens is 393 g/mol. The Bertz CT molecular complexity index is 771. The van der Waals surface area contributed by atoms with Crippen LogP contribution in [0.5, 0.6) is 0 Å². The molecule has 0 saturated carbocycles. The molecule has 0 N–H and O–H groups in total. The van der Waals surface area contributed by atoms with Crippen molar-refractivity contribution in [2.24, 2.45) is 0 Å². The minimum Gasteiger partial charge on any atom is -0.326 e. The second kappa shape index (κ2) is 7.85. The molecule has 0 radical (unpaired) electrons. The fourth-order valence-corrected chi connectivity index (χ4v) is 3.02. The Morgan fingerprint density at radius 1 is 1.08 bits per heavy atom. The minimum absolute atomic E-state index is 0.163. The number of hydrogen-bond donors (Lipinski definition) is 0. The summed E-state index contributed by atoms with van der Waals surface area (Å²) in [5.74, 6) is -3.35. The molecule has 25 heavy (non-hydrogen) atoms. The second-order valence-corrected chi connectivity index (χ2v) is 6.42. The number of alkyl halides is 2. The Kier molecular flexibility index (Phi) is 6.25. The SMILES string of the molecule is CC.O=C(c1cc(Cl)ccc1-c1cc(Cl)nc(Cl)c1)N1CC(F)(F)C1. The van der Waals surface area contributed by atoms with Crippen molar-refractivity contribution < 1.29 is 13.6 Å². The van der Waals surface area contributed by atoms with Gasteiger partial charge in [0.1, 0.15) is 10.3 Å². The van der Waals surface area contributed by atoms with Crippen LogP contribution in [0.1, 0.15) is 24.2 Å². The summed E-state index contributed by atoms with van der Waals surface area (Å²) in [7, 11) is 0. The van der Waals surface area contributed by atoms with Crippen LogP contribution in [0, 0.1) is 0 Å². The number of carbonyl (C=O) groups excluding carboxylic acids is 1. The van der Waals surface area contributed by atoms with Crippen LogP contribution in [0.3, 0.4) is 0 Å². The number of benzene rings is 1. The Morgan fingerprint density at radius 2 is 1.64 bits per heavy atom. The summed E-state index contributed by atoms with van der Waals surface area (Å²) in [5.41, 5.74) is 1.27. The number of pyridine rings is 1. The molecule has 8 heteroatoms. The first-order valence-electron chi connectivity index (χ1n) is 7.55. The first-order chi connectivity index (χ1) is 11.7. The zero-order chi connectivity index (χ0) is 18.8. The van der Waals surface area contributed by atoms with Gasteiger partial charge in [-0.05, 0) is 35.4 Å². The van der Waals surface area contributed by atoms with Crippen molar-refractivity contribution in [3.63, 3.8) is 0 Å². The molecule has 1 fully saturated rings. The van der Waals surface area contributed by atoms with Crippen molar-refractivity contribution in [1.82, 2.24) is 9.88 Å². The number of nitrogens with zero attached hydrogens (tertiary/aromatic N) is 2. The van der Waals surface area contributed by atoms with Crippen molar-refractivity contribution in [3.05, 3.63) is 51.2 Å². The van der Waals surface area contributed by atoms with E-state index in [0.29, 0.717) is 16.1 Å². The minimum atomic E-state index is -2.84. The summed E-state index contributed by atoms with van der Waals surface area (Å²) in [6.45, 7) is 2.80. The maximum absolute atomic E-state index is 13.0. The Labute approximate surface area is 159 Å². The van der Waals surface area contributed by atoms with Gasteiger partial charge in [-0.3, -0.25) is 4.79 Å². The van der Waals surface area contributed by atoms with Crippen molar-refractivity contribution in [2.45, 2.75) is 19.8 Å². The Hall–Kier alpha value is -1.43. The van der Waals surface area contributed by atoms with Gasteiger partial charge in [-0.15, -0.1) is 0 Å². The second-order valence-electron chi connectivity index (χ2n) is 5.21. The van der Waals surface area contributed by atoms with Gasteiger partial charge in [0.25, 0.3) is 11.8 Å². The molecule has 1 amide bonds. The lowest BCUT2D eigenvalue weighted by atomic mass is 9.98. The van der Waals surface area contributed by atoms with Gasteiger partial charge >= 0.3 is 0 Å². The van der Waals surface area contributed by atoms with E-state index in [-0.39, 0.29) is 15.9 Å². The van der Waals surface area contributed by atoms with Gasteiger partial charge in [-0.1, -0.05) is 54.7 Å². The van der Waals surface area contributed by atoms with Gasteiger partial charge < -0.3 is 4.90 Å². The van der Waals surface area contributed by atoms with Gasteiger partial charge in [0.2, 0.25) is 0 Å². The third-order valence-electron chi connectivity index (χ3n) is 3.42. The molecule has 0 atom stereocenters. The summed E-state index contributed by atoms with van der Waals surface area (Å²) in [6.07, 6.45) is 0. The molecule has 1 aliphatic rings. The van der Waals surface area contributed by atoms with Crippen LogP contribution in [0.2, 0.25) is 15.3 Å². The molecule has 0 spiro atoms. The van der Waals surface area contributed by atoms with Gasteiger partial charge in [0, 0.05) is 10.6 Å². The highest BCUT2D eigenvalue weighted by Crippen LogP contribution is 2.33. The van der Waals surface area contributed by atoms with Crippen LogP contribution >= 0.6 is 34.8 Å². The monoisotopic (exact) mass is 406 g/mol. The zero-order valence-corrected chi connectivity index (χ0v) is 15.8. The van der Waals surface area contributed by atoms with Crippen molar-refractivity contribution in [1.29, 1.82) is 0 Å². The van der Waals surface area contributed by atoms with Crippen molar-refractivity contribution in [2.75, 3.05) is 13.1 Å². The normalized spacial score (nSPS) is 15.1. The lowest BCUT2D eigenvalue weighted by Gasteiger charge is -2.39. The maximum atomic E-state index is 13.0. The number of rotatable bonds is 2. The summed E-state index contributed by atoms with van der Waals surface area (Å²) in [6, 6.07) is 7.74. The molecule has 3 nitrogen and oxygen atoms in total. The van der Waals surface area contributed by atoms with Crippen LogP contribution in [0.15, 0.2) is 30.3 Å². The van der Waals surface area contributed by atoms with Crippen LogP contribution in [0.25, 0.3) is 11.1 Å². The molecule has 1 aromatic carbocycles. The van der Waals surface area contributed by atoms with Crippen molar-refractivity contribution >= 4 is 40.7 Å². The summed E-state index contributed by atoms with van der Waals surface area (Å²) in [5, 5.41) is 0.656. The topological polar surface area (TPSA) is 33.2 Å². The first-order valence-corrected chi connectivity index (χ1v) is 8.69. The molecule has 134 valence electrons. The summed E-state index contributed by atoms with van der Waals surface area (Å²) >= 11 is 17.7. The van der Waals surface area contributed by atoms with Gasteiger partial charge in [-0.25, -0.2) is 13.8 Å². The molecule has 0 unspecified atom stereocenters. The first kappa shape index (κ1) is 19.9. The van der Waals surface area contributed by atoms with E-state index in [0.717, 1.165) is 4.90 Å². The fraction of sp³-hybridized carbons (Fsp3) is 0.294. The lowest BCUT2D eigenvalue weighted by molar-refractivity contribution is -0.113. The highest BCUT2D eigenvalue weighted by Gasteiger charge is 2.46. The number of likely N-dealkylation sites (tertiary alicyclic amines) is 1. The maximum Gasteiger partial charge on any atom is 0.282 e. The Morgan fingerprint density at radius 3 is 2.16 bits per heavy atom.